The summed E-state index contributed by atoms with van der Waals surface area (Å²) in [6, 6.07) is 12.6. The monoisotopic (exact) mass is 390 g/mol. The number of nitrogens with one attached hydrogen (secondary N) is 1. The zero-order valence-corrected chi connectivity index (χ0v) is 15.1. The molecule has 0 atom stereocenters. The van der Waals surface area contributed by atoms with E-state index < -0.39 is 16.4 Å². The minimum absolute atomic E-state index is 0.134. The number of nitro benzene ring substituents is 1. The molecule has 0 fully saturated rings. The predicted octanol–water partition coefficient (Wildman–Crippen LogP) is 2.18. The van der Waals surface area contributed by atoms with E-state index >= 15 is 0 Å². The fraction of sp³-hybridized carbons (Fsp3) is 0.0526. The number of nitro groups is 1. The highest BCUT2D eigenvalue weighted by molar-refractivity contribution is 6.00. The van der Waals surface area contributed by atoms with E-state index in [1.165, 1.54) is 36.8 Å². The van der Waals surface area contributed by atoms with Crippen molar-refractivity contribution >= 4 is 22.6 Å². The van der Waals surface area contributed by atoms with E-state index in [1.807, 2.05) is 31.2 Å². The molecule has 0 bridgehead atoms. The molecule has 0 radical (unpaired) electrons. The molecule has 1 N–H and O–H groups in total. The summed E-state index contributed by atoms with van der Waals surface area (Å²) in [5.74, 6) is -0.603. The fourth-order valence-electron chi connectivity index (χ4n) is 2.77. The zero-order valence-electron chi connectivity index (χ0n) is 15.1. The van der Waals surface area contributed by atoms with Gasteiger partial charge in [0.25, 0.3) is 17.2 Å². The Bertz CT molecular complexity index is 1290. The zero-order chi connectivity index (χ0) is 20.5. The first-order valence-electron chi connectivity index (χ1n) is 8.52. The van der Waals surface area contributed by atoms with Crippen molar-refractivity contribution in [1.82, 2.24) is 19.4 Å². The maximum Gasteiger partial charge on any atom is 0.283 e. The number of aryl methyl sites for hydroxylation is 1. The molecule has 0 aliphatic rings. The van der Waals surface area contributed by atoms with Crippen LogP contribution in [0, 0.1) is 17.0 Å². The number of amides is 1. The number of aromatic nitrogens is 4. The van der Waals surface area contributed by atoms with E-state index in [0.717, 1.165) is 15.9 Å². The van der Waals surface area contributed by atoms with Crippen molar-refractivity contribution in [3.63, 3.8) is 0 Å². The second-order valence-corrected chi connectivity index (χ2v) is 6.29. The van der Waals surface area contributed by atoms with Crippen molar-refractivity contribution < 1.29 is 9.72 Å². The number of hydrogen-bond donors (Lipinski definition) is 1. The topological polar surface area (TPSA) is 125 Å². The molecule has 0 saturated carbocycles. The molecule has 4 rings (SSSR count). The molecule has 144 valence electrons. The Morgan fingerprint density at radius 2 is 1.79 bits per heavy atom. The molecule has 0 unspecified atom stereocenters. The Morgan fingerprint density at radius 1 is 1.10 bits per heavy atom. The van der Waals surface area contributed by atoms with Crippen molar-refractivity contribution in [3.05, 3.63) is 92.7 Å². The molecule has 2 heterocycles. The number of carbonyl (C=O) groups excluding carboxylic acids is 1. The van der Waals surface area contributed by atoms with E-state index in [9.17, 15) is 19.7 Å². The summed E-state index contributed by atoms with van der Waals surface area (Å²) >= 11 is 0. The van der Waals surface area contributed by atoms with Crippen LogP contribution in [0.25, 0.3) is 16.7 Å². The van der Waals surface area contributed by atoms with Crippen LogP contribution >= 0.6 is 0 Å². The smallest absolute Gasteiger partial charge is 0.267 e. The van der Waals surface area contributed by atoms with Gasteiger partial charge in [-0.2, -0.15) is 5.10 Å². The number of benzene rings is 2. The van der Waals surface area contributed by atoms with Gasteiger partial charge in [-0.1, -0.05) is 17.7 Å². The number of carbonyl (C=O) groups is 1. The molecule has 2 aromatic carbocycles. The Hall–Kier alpha value is -4.34. The molecule has 0 spiro atoms. The lowest BCUT2D eigenvalue weighted by Gasteiger charge is -2.08. The summed E-state index contributed by atoms with van der Waals surface area (Å²) in [6.07, 6.45) is 2.58. The molecular weight excluding hydrogens is 376 g/mol. The van der Waals surface area contributed by atoms with Crippen LogP contribution in [-0.4, -0.2) is 30.3 Å². The lowest BCUT2D eigenvalue weighted by Crippen LogP contribution is -2.33. The van der Waals surface area contributed by atoms with Crippen LogP contribution in [-0.2, 0) is 0 Å². The molecular formula is C19H14N6O4. The van der Waals surface area contributed by atoms with Crippen molar-refractivity contribution in [2.75, 3.05) is 5.43 Å². The second-order valence-electron chi connectivity index (χ2n) is 6.29. The average Bonchev–Trinajstić information content (AvgIpc) is 3.15. The molecule has 29 heavy (non-hydrogen) atoms. The molecule has 10 heteroatoms. The van der Waals surface area contributed by atoms with Gasteiger partial charge in [0.2, 0.25) is 0 Å². The lowest BCUT2D eigenvalue weighted by atomic mass is 10.2. The minimum Gasteiger partial charge on any atom is -0.267 e. The van der Waals surface area contributed by atoms with Crippen molar-refractivity contribution in [2.45, 2.75) is 6.92 Å². The summed E-state index contributed by atoms with van der Waals surface area (Å²) in [5.41, 5.74) is 4.16. The van der Waals surface area contributed by atoms with Crippen LogP contribution in [0.2, 0.25) is 0 Å². The van der Waals surface area contributed by atoms with Gasteiger partial charge in [-0.15, -0.1) is 0 Å². The van der Waals surface area contributed by atoms with Gasteiger partial charge in [0, 0.05) is 17.7 Å². The fourth-order valence-corrected chi connectivity index (χ4v) is 2.77. The minimum atomic E-state index is -0.603. The Kier molecular flexibility index (Phi) is 4.36. The quantitative estimate of drug-likeness (QED) is 0.421. The Labute approximate surface area is 163 Å². The van der Waals surface area contributed by atoms with E-state index in [2.05, 4.69) is 15.5 Å². The van der Waals surface area contributed by atoms with Gasteiger partial charge in [0.1, 0.15) is 11.7 Å². The molecule has 10 nitrogen and oxygen atoms in total. The first-order chi connectivity index (χ1) is 13.9. The van der Waals surface area contributed by atoms with Crippen LogP contribution in [0.5, 0.6) is 0 Å². The summed E-state index contributed by atoms with van der Waals surface area (Å²) in [5, 5.41) is 15.2. The van der Waals surface area contributed by atoms with E-state index in [4.69, 9.17) is 0 Å². The number of nitrogens with zero attached hydrogens (tertiary/aromatic N) is 5. The van der Waals surface area contributed by atoms with Crippen LogP contribution in [0.15, 0.2) is 65.8 Å². The SMILES string of the molecule is Cc1ccc(-n2ncc3c(=O)n(NC(=O)c4ccc([N+](=O)[O-])cc4)cnc32)cc1. The van der Waals surface area contributed by atoms with Gasteiger partial charge in [0.05, 0.1) is 16.8 Å². The van der Waals surface area contributed by atoms with Gasteiger partial charge in [-0.25, -0.2) is 14.3 Å². The molecule has 0 aliphatic carbocycles. The summed E-state index contributed by atoms with van der Waals surface area (Å²) in [6.45, 7) is 1.97. The first-order valence-corrected chi connectivity index (χ1v) is 8.52. The van der Waals surface area contributed by atoms with Gasteiger partial charge >= 0.3 is 0 Å². The van der Waals surface area contributed by atoms with Gasteiger partial charge < -0.3 is 0 Å². The molecule has 4 aromatic rings. The van der Waals surface area contributed by atoms with E-state index in [1.54, 1.807) is 4.68 Å². The number of fused-ring (bicyclic) bond motifs is 1. The normalized spacial score (nSPS) is 10.8. The standard InChI is InChI=1S/C19H14N6O4/c1-12-2-6-14(7-3-12)24-17-16(10-21-24)19(27)23(11-20-17)22-18(26)13-4-8-15(9-5-13)25(28)29/h2-11H,1H3,(H,22,26). The summed E-state index contributed by atoms with van der Waals surface area (Å²) < 4.78 is 2.49. The summed E-state index contributed by atoms with van der Waals surface area (Å²) in [7, 11) is 0. The highest BCUT2D eigenvalue weighted by Crippen LogP contribution is 2.14. The maximum absolute atomic E-state index is 12.7. The Balaban J connectivity index is 1.64. The predicted molar refractivity (Wildman–Crippen MR) is 105 cm³/mol. The molecule has 1 amide bonds. The Morgan fingerprint density at radius 3 is 2.45 bits per heavy atom. The number of non-ortho nitro benzene ring substituents is 1. The van der Waals surface area contributed by atoms with Crippen molar-refractivity contribution in [1.29, 1.82) is 0 Å². The van der Waals surface area contributed by atoms with E-state index in [0.29, 0.717) is 5.65 Å². The van der Waals surface area contributed by atoms with Crippen molar-refractivity contribution in [3.8, 4) is 5.69 Å². The third-order valence-electron chi connectivity index (χ3n) is 4.33. The average molecular weight is 390 g/mol. The van der Waals surface area contributed by atoms with Gasteiger partial charge in [-0.3, -0.25) is 25.1 Å². The third kappa shape index (κ3) is 3.34. The van der Waals surface area contributed by atoms with Crippen LogP contribution in [0.4, 0.5) is 5.69 Å². The second kappa shape index (κ2) is 7.00. The van der Waals surface area contributed by atoms with Crippen LogP contribution < -0.4 is 11.0 Å². The highest BCUT2D eigenvalue weighted by atomic mass is 16.6. The van der Waals surface area contributed by atoms with Crippen LogP contribution in [0.1, 0.15) is 15.9 Å². The largest absolute Gasteiger partial charge is 0.283 e. The lowest BCUT2D eigenvalue weighted by molar-refractivity contribution is -0.384. The third-order valence-corrected chi connectivity index (χ3v) is 4.33. The maximum atomic E-state index is 12.7. The number of rotatable bonds is 4. The molecule has 0 saturated heterocycles. The number of hydrogen-bond acceptors (Lipinski definition) is 6. The van der Waals surface area contributed by atoms with Gasteiger partial charge in [-0.05, 0) is 31.2 Å². The first kappa shape index (κ1) is 18.0. The van der Waals surface area contributed by atoms with Crippen LogP contribution in [0.3, 0.4) is 0 Å². The molecule has 2 aromatic heterocycles. The van der Waals surface area contributed by atoms with Gasteiger partial charge in [0.15, 0.2) is 5.65 Å². The van der Waals surface area contributed by atoms with E-state index in [-0.39, 0.29) is 16.6 Å². The summed E-state index contributed by atoms with van der Waals surface area (Å²) in [4.78, 5) is 39.4. The molecule has 0 aliphatic heterocycles. The highest BCUT2D eigenvalue weighted by Gasteiger charge is 2.14. The van der Waals surface area contributed by atoms with Crippen molar-refractivity contribution in [2.24, 2.45) is 0 Å².